The summed E-state index contributed by atoms with van der Waals surface area (Å²) in [7, 11) is 3.18. The SMILES string of the molecule is COc1ccc(CNC(=O)C23CC4C[C@H](C2)C(NC(=O)C(C)(C)N2CCCC(F)(F)C2)[C@@H](C4)C3)cc1OC. The van der Waals surface area contributed by atoms with Gasteiger partial charge >= 0.3 is 0 Å². The first-order valence-electron chi connectivity index (χ1n) is 13.9. The Morgan fingerprint density at radius 3 is 2.39 bits per heavy atom. The second-order valence-corrected chi connectivity index (χ2v) is 12.6. The molecule has 5 aliphatic rings. The van der Waals surface area contributed by atoms with E-state index in [0.29, 0.717) is 36.9 Å². The van der Waals surface area contributed by atoms with Gasteiger partial charge in [0.1, 0.15) is 0 Å². The van der Waals surface area contributed by atoms with Gasteiger partial charge in [-0.2, -0.15) is 0 Å². The van der Waals surface area contributed by atoms with Crippen LogP contribution in [0, 0.1) is 23.2 Å². The molecule has 1 aromatic rings. The third-order valence-corrected chi connectivity index (χ3v) is 9.69. The lowest BCUT2D eigenvalue weighted by Crippen LogP contribution is -2.66. The van der Waals surface area contributed by atoms with Gasteiger partial charge in [0.05, 0.1) is 31.7 Å². The maximum Gasteiger partial charge on any atom is 0.260 e. The van der Waals surface area contributed by atoms with Gasteiger partial charge in [-0.1, -0.05) is 6.07 Å². The number of hydrogen-bond acceptors (Lipinski definition) is 5. The summed E-state index contributed by atoms with van der Waals surface area (Å²) in [4.78, 5) is 28.6. The van der Waals surface area contributed by atoms with Crippen molar-refractivity contribution in [2.75, 3.05) is 27.3 Å². The number of nitrogens with one attached hydrogen (secondary N) is 2. The molecule has 4 aliphatic carbocycles. The zero-order chi connectivity index (χ0) is 27.3. The van der Waals surface area contributed by atoms with E-state index in [1.807, 2.05) is 18.2 Å². The molecule has 4 bridgehead atoms. The predicted octanol–water partition coefficient (Wildman–Crippen LogP) is 4.14. The number of halogens is 2. The van der Waals surface area contributed by atoms with Gasteiger partial charge in [-0.25, -0.2) is 8.78 Å². The molecule has 2 amide bonds. The van der Waals surface area contributed by atoms with Gasteiger partial charge in [0.15, 0.2) is 11.5 Å². The first-order chi connectivity index (χ1) is 18.0. The van der Waals surface area contributed by atoms with Gasteiger partial charge in [0, 0.05) is 19.0 Å². The van der Waals surface area contributed by atoms with Gasteiger partial charge in [0.25, 0.3) is 5.92 Å². The Bertz CT molecular complexity index is 1060. The van der Waals surface area contributed by atoms with Gasteiger partial charge in [-0.15, -0.1) is 0 Å². The van der Waals surface area contributed by atoms with Crippen LogP contribution in [0.15, 0.2) is 18.2 Å². The molecule has 1 heterocycles. The van der Waals surface area contributed by atoms with Gasteiger partial charge in [-0.3, -0.25) is 14.5 Å². The summed E-state index contributed by atoms with van der Waals surface area (Å²) in [5.74, 6) is -0.618. The number of likely N-dealkylation sites (tertiary alicyclic amines) is 1. The summed E-state index contributed by atoms with van der Waals surface area (Å²) in [6, 6.07) is 5.64. The number of piperidine rings is 1. The third kappa shape index (κ3) is 4.98. The molecular weight excluding hydrogens is 492 g/mol. The fourth-order valence-corrected chi connectivity index (χ4v) is 7.81. The molecule has 5 fully saturated rings. The first-order valence-corrected chi connectivity index (χ1v) is 13.9. The number of alkyl halides is 2. The van der Waals surface area contributed by atoms with Crippen molar-refractivity contribution in [3.05, 3.63) is 23.8 Å². The number of benzene rings is 1. The average molecular weight is 534 g/mol. The molecule has 1 saturated heterocycles. The second kappa shape index (κ2) is 9.96. The van der Waals surface area contributed by atoms with Gasteiger partial charge < -0.3 is 20.1 Å². The Hall–Kier alpha value is -2.42. The highest BCUT2D eigenvalue weighted by Gasteiger charge is 2.59. The lowest BCUT2D eigenvalue weighted by atomic mass is 9.47. The third-order valence-electron chi connectivity index (χ3n) is 9.69. The van der Waals surface area contributed by atoms with Crippen molar-refractivity contribution >= 4 is 11.8 Å². The van der Waals surface area contributed by atoms with Crippen LogP contribution in [-0.4, -0.2) is 61.5 Å². The Labute approximate surface area is 224 Å². The maximum absolute atomic E-state index is 14.1. The number of carbonyl (C=O) groups is 2. The molecule has 4 saturated carbocycles. The molecule has 1 aliphatic heterocycles. The number of carbonyl (C=O) groups excluding carboxylic acids is 2. The zero-order valence-electron chi connectivity index (χ0n) is 22.9. The van der Waals surface area contributed by atoms with Crippen molar-refractivity contribution in [2.45, 2.75) is 82.8 Å². The molecule has 6 rings (SSSR count). The van der Waals surface area contributed by atoms with Crippen LogP contribution in [0.2, 0.25) is 0 Å². The molecule has 210 valence electrons. The van der Waals surface area contributed by atoms with Crippen LogP contribution in [0.4, 0.5) is 8.78 Å². The first kappa shape index (κ1) is 27.2. The minimum Gasteiger partial charge on any atom is -0.493 e. The fraction of sp³-hybridized carbons (Fsp3) is 0.724. The van der Waals surface area contributed by atoms with Crippen LogP contribution in [0.25, 0.3) is 0 Å². The lowest BCUT2D eigenvalue weighted by molar-refractivity contribution is -0.153. The summed E-state index contributed by atoms with van der Waals surface area (Å²) < 4.78 is 38.9. The molecule has 2 N–H and O–H groups in total. The summed E-state index contributed by atoms with van der Waals surface area (Å²) in [5.41, 5.74) is -0.470. The molecule has 0 spiro atoms. The normalized spacial score (nSPS) is 32.1. The molecule has 5 atom stereocenters. The molecule has 38 heavy (non-hydrogen) atoms. The molecule has 0 radical (unpaired) electrons. The standard InChI is InChI=1S/C29H41F2N3O4/c1-27(2,34-9-5-8-29(30,31)17-34)25(35)33-24-20-10-19-11-21(24)15-28(13-19,14-20)26(36)32-16-18-6-7-22(37-3)23(12-18)38-4/h6-7,12,19-21,24H,5,8-11,13-17H2,1-4H3,(H,32,36)(H,33,35)/t19?,20-,21+,24?,28?. The number of ether oxygens (including phenoxy) is 2. The van der Waals surface area contributed by atoms with E-state index in [-0.39, 0.29) is 42.7 Å². The van der Waals surface area contributed by atoms with E-state index in [1.165, 1.54) is 0 Å². The Balaban J connectivity index is 1.23. The Kier molecular flexibility index (Phi) is 7.12. The predicted molar refractivity (Wildman–Crippen MR) is 139 cm³/mol. The minimum absolute atomic E-state index is 0.00426. The highest BCUT2D eigenvalue weighted by Crippen LogP contribution is 2.60. The summed E-state index contributed by atoms with van der Waals surface area (Å²) >= 11 is 0. The number of amides is 2. The highest BCUT2D eigenvalue weighted by molar-refractivity contribution is 5.86. The van der Waals surface area contributed by atoms with Crippen molar-refractivity contribution in [3.8, 4) is 11.5 Å². The van der Waals surface area contributed by atoms with Crippen LogP contribution in [0.5, 0.6) is 11.5 Å². The molecule has 3 unspecified atom stereocenters. The summed E-state index contributed by atoms with van der Waals surface area (Å²) in [5, 5.41) is 6.46. The molecule has 0 aromatic heterocycles. The van der Waals surface area contributed by atoms with Crippen LogP contribution in [0.3, 0.4) is 0 Å². The van der Waals surface area contributed by atoms with Gasteiger partial charge in [-0.05, 0) is 94.4 Å². The molecular formula is C29H41F2N3O4. The summed E-state index contributed by atoms with van der Waals surface area (Å²) in [6.45, 7) is 4.04. The molecule has 7 nitrogen and oxygen atoms in total. The number of hydrogen-bond donors (Lipinski definition) is 2. The zero-order valence-corrected chi connectivity index (χ0v) is 22.9. The van der Waals surface area contributed by atoms with E-state index in [1.54, 1.807) is 33.0 Å². The smallest absolute Gasteiger partial charge is 0.260 e. The van der Waals surface area contributed by atoms with Gasteiger partial charge in [0.2, 0.25) is 11.8 Å². The van der Waals surface area contributed by atoms with E-state index >= 15 is 0 Å². The van der Waals surface area contributed by atoms with Crippen LogP contribution in [-0.2, 0) is 16.1 Å². The van der Waals surface area contributed by atoms with Crippen LogP contribution >= 0.6 is 0 Å². The largest absolute Gasteiger partial charge is 0.493 e. The van der Waals surface area contributed by atoms with E-state index in [0.717, 1.165) is 37.7 Å². The topological polar surface area (TPSA) is 79.9 Å². The second-order valence-electron chi connectivity index (χ2n) is 12.6. The fourth-order valence-electron chi connectivity index (χ4n) is 7.81. The van der Waals surface area contributed by atoms with Crippen LogP contribution in [0.1, 0.15) is 64.4 Å². The maximum atomic E-state index is 14.1. The summed E-state index contributed by atoms with van der Waals surface area (Å²) in [6.07, 6.45) is 4.69. The Morgan fingerprint density at radius 1 is 1.08 bits per heavy atom. The monoisotopic (exact) mass is 533 g/mol. The van der Waals surface area contributed by atoms with Crippen molar-refractivity contribution in [2.24, 2.45) is 23.2 Å². The van der Waals surface area contributed by atoms with Crippen molar-refractivity contribution in [1.29, 1.82) is 0 Å². The van der Waals surface area contributed by atoms with E-state index in [4.69, 9.17) is 9.47 Å². The van der Waals surface area contributed by atoms with Crippen molar-refractivity contribution in [3.63, 3.8) is 0 Å². The lowest BCUT2D eigenvalue weighted by Gasteiger charge is -2.59. The van der Waals surface area contributed by atoms with Crippen LogP contribution < -0.4 is 20.1 Å². The molecule has 1 aromatic carbocycles. The average Bonchev–Trinajstić information content (AvgIpc) is 2.87. The number of rotatable bonds is 8. The van der Waals surface area contributed by atoms with E-state index < -0.39 is 16.9 Å². The van der Waals surface area contributed by atoms with Crippen molar-refractivity contribution < 1.29 is 27.8 Å². The number of methoxy groups -OCH3 is 2. The highest BCUT2D eigenvalue weighted by atomic mass is 19.3. The van der Waals surface area contributed by atoms with Crippen molar-refractivity contribution in [1.82, 2.24) is 15.5 Å². The Morgan fingerprint density at radius 2 is 1.76 bits per heavy atom. The van der Waals surface area contributed by atoms with E-state index in [9.17, 15) is 18.4 Å². The number of nitrogens with zero attached hydrogens (tertiary/aromatic N) is 1. The quantitative estimate of drug-likeness (QED) is 0.525. The van der Waals surface area contributed by atoms with E-state index in [2.05, 4.69) is 10.6 Å². The minimum atomic E-state index is -2.75. The molecule has 9 heteroatoms.